The van der Waals surface area contributed by atoms with E-state index in [0.29, 0.717) is 5.41 Å². The van der Waals surface area contributed by atoms with Gasteiger partial charge in [0, 0.05) is 0 Å². The highest BCUT2D eigenvalue weighted by molar-refractivity contribution is 5.15. The lowest BCUT2D eigenvalue weighted by Crippen LogP contribution is -2.56. The summed E-state index contributed by atoms with van der Waals surface area (Å²) < 4.78 is 5.92. The van der Waals surface area contributed by atoms with E-state index in [1.165, 1.54) is 19.3 Å². The van der Waals surface area contributed by atoms with Crippen molar-refractivity contribution in [1.82, 2.24) is 0 Å². The quantitative estimate of drug-likeness (QED) is 0.517. The van der Waals surface area contributed by atoms with Crippen molar-refractivity contribution in [3.63, 3.8) is 0 Å². The first-order chi connectivity index (χ1) is 5.15. The highest BCUT2D eigenvalue weighted by Gasteiger charge is 2.66. The van der Waals surface area contributed by atoms with Crippen LogP contribution in [0, 0.1) is 17.3 Å². The monoisotopic (exact) mass is 152 g/mol. The van der Waals surface area contributed by atoms with E-state index in [-0.39, 0.29) is 5.60 Å². The number of ether oxygens (including phenoxy) is 1. The molecular weight excluding hydrogens is 136 g/mol. The molecule has 1 nitrogen and oxygen atoms in total. The van der Waals surface area contributed by atoms with Gasteiger partial charge in [0.1, 0.15) is 0 Å². The minimum atomic E-state index is 0.281. The van der Waals surface area contributed by atoms with Crippen LogP contribution in [0.4, 0.5) is 0 Å². The van der Waals surface area contributed by atoms with Crippen molar-refractivity contribution in [2.24, 2.45) is 17.3 Å². The number of rotatable bonds is 0. The smallest absolute Gasteiger partial charge is 0.0689 e. The van der Waals surface area contributed by atoms with E-state index < -0.39 is 0 Å². The molecule has 1 saturated heterocycles. The average Bonchev–Trinajstić information content (AvgIpc) is 2.10. The van der Waals surface area contributed by atoms with Gasteiger partial charge in [-0.15, -0.1) is 0 Å². The molecule has 0 radical (unpaired) electrons. The lowest BCUT2D eigenvalue weighted by Gasteiger charge is -2.57. The summed E-state index contributed by atoms with van der Waals surface area (Å²) in [6.07, 6.45) is 4.19. The van der Waals surface area contributed by atoms with Crippen LogP contribution < -0.4 is 0 Å². The highest BCUT2D eigenvalue weighted by Crippen LogP contribution is 2.68. The Morgan fingerprint density at radius 1 is 1.36 bits per heavy atom. The van der Waals surface area contributed by atoms with Crippen LogP contribution in [0.5, 0.6) is 0 Å². The molecule has 4 bridgehead atoms. The molecule has 0 amide bonds. The molecule has 0 aromatic heterocycles. The number of hydrogen-bond acceptors (Lipinski definition) is 1. The zero-order valence-electron chi connectivity index (χ0n) is 7.39. The first-order valence-corrected chi connectivity index (χ1v) is 4.79. The van der Waals surface area contributed by atoms with E-state index in [1.54, 1.807) is 0 Å². The molecule has 11 heavy (non-hydrogen) atoms. The van der Waals surface area contributed by atoms with Crippen molar-refractivity contribution < 1.29 is 4.74 Å². The highest BCUT2D eigenvalue weighted by atomic mass is 16.5. The Morgan fingerprint density at radius 3 is 2.73 bits per heavy atom. The van der Waals surface area contributed by atoms with E-state index in [1.807, 2.05) is 0 Å². The van der Waals surface area contributed by atoms with Crippen LogP contribution in [0.25, 0.3) is 0 Å². The molecule has 62 valence electrons. The van der Waals surface area contributed by atoms with Crippen LogP contribution in [0.3, 0.4) is 0 Å². The Bertz CT molecular complexity index is 201. The van der Waals surface area contributed by atoms with Crippen molar-refractivity contribution in [2.75, 3.05) is 6.61 Å². The molecule has 1 heterocycles. The predicted octanol–water partition coefficient (Wildman–Crippen LogP) is 2.21. The summed E-state index contributed by atoms with van der Waals surface area (Å²) in [4.78, 5) is 0. The predicted molar refractivity (Wildman–Crippen MR) is 43.3 cm³/mol. The third-order valence-corrected chi connectivity index (χ3v) is 4.69. The third-order valence-electron chi connectivity index (χ3n) is 4.69. The second-order valence-corrected chi connectivity index (χ2v) is 5.13. The van der Waals surface area contributed by atoms with Crippen molar-refractivity contribution in [3.8, 4) is 0 Å². The van der Waals surface area contributed by atoms with Gasteiger partial charge in [-0.3, -0.25) is 0 Å². The molecule has 4 unspecified atom stereocenters. The van der Waals surface area contributed by atoms with Gasteiger partial charge in [-0.2, -0.15) is 0 Å². The fourth-order valence-corrected chi connectivity index (χ4v) is 3.69. The van der Waals surface area contributed by atoms with Gasteiger partial charge in [0.05, 0.1) is 12.2 Å². The van der Waals surface area contributed by atoms with Crippen molar-refractivity contribution >= 4 is 0 Å². The largest absolute Gasteiger partial charge is 0.374 e. The summed E-state index contributed by atoms with van der Waals surface area (Å²) in [6.45, 7) is 5.79. The Morgan fingerprint density at radius 2 is 2.18 bits per heavy atom. The number of fused-ring (bicyclic) bond motifs is 1. The molecular formula is C10H16O. The van der Waals surface area contributed by atoms with Gasteiger partial charge < -0.3 is 4.74 Å². The molecule has 3 aliphatic carbocycles. The van der Waals surface area contributed by atoms with Gasteiger partial charge >= 0.3 is 0 Å². The maximum absolute atomic E-state index is 5.92. The molecule has 0 aromatic rings. The van der Waals surface area contributed by atoms with E-state index in [0.717, 1.165) is 18.4 Å². The van der Waals surface area contributed by atoms with Gasteiger partial charge in [-0.25, -0.2) is 0 Å². The fraction of sp³-hybridized carbons (Fsp3) is 1.00. The second kappa shape index (κ2) is 1.52. The van der Waals surface area contributed by atoms with Gasteiger partial charge in [-0.1, -0.05) is 6.92 Å². The van der Waals surface area contributed by atoms with E-state index in [2.05, 4.69) is 13.8 Å². The van der Waals surface area contributed by atoms with Crippen molar-refractivity contribution in [1.29, 1.82) is 0 Å². The average molecular weight is 152 g/mol. The van der Waals surface area contributed by atoms with Crippen LogP contribution in [0.2, 0.25) is 0 Å². The molecule has 4 aliphatic rings. The van der Waals surface area contributed by atoms with E-state index in [4.69, 9.17) is 4.74 Å². The van der Waals surface area contributed by atoms with Crippen LogP contribution in [0.1, 0.15) is 33.1 Å². The lowest BCUT2D eigenvalue weighted by molar-refractivity contribution is -0.101. The van der Waals surface area contributed by atoms with Gasteiger partial charge in [0.15, 0.2) is 0 Å². The Labute approximate surface area is 68.1 Å². The number of hydrogen-bond donors (Lipinski definition) is 0. The van der Waals surface area contributed by atoms with Gasteiger partial charge in [0.2, 0.25) is 0 Å². The van der Waals surface area contributed by atoms with E-state index >= 15 is 0 Å². The molecule has 0 N–H and O–H groups in total. The molecule has 1 heteroatoms. The topological polar surface area (TPSA) is 9.23 Å². The minimum absolute atomic E-state index is 0.281. The van der Waals surface area contributed by atoms with Crippen LogP contribution in [0.15, 0.2) is 0 Å². The van der Waals surface area contributed by atoms with Crippen LogP contribution >= 0.6 is 0 Å². The summed E-state index contributed by atoms with van der Waals surface area (Å²) in [5.74, 6) is 1.90. The van der Waals surface area contributed by atoms with Gasteiger partial charge in [0.25, 0.3) is 0 Å². The normalized spacial score (nSPS) is 66.0. The van der Waals surface area contributed by atoms with E-state index in [9.17, 15) is 0 Å². The summed E-state index contributed by atoms with van der Waals surface area (Å²) >= 11 is 0. The third kappa shape index (κ3) is 0.516. The molecule has 4 fully saturated rings. The first kappa shape index (κ1) is 6.47. The van der Waals surface area contributed by atoms with Crippen LogP contribution in [-0.4, -0.2) is 12.2 Å². The standard InChI is InChI=1S/C10H16O/c1-9-6-11-10(2)4-3-7(9)5-8(9)10/h7-8H,3-6H2,1-2H3. The maximum atomic E-state index is 5.92. The summed E-state index contributed by atoms with van der Waals surface area (Å²) in [7, 11) is 0. The molecule has 4 rings (SSSR count). The SMILES string of the molecule is CC12CCC3CC1C3(C)CO2. The summed E-state index contributed by atoms with van der Waals surface area (Å²) in [6, 6.07) is 0. The second-order valence-electron chi connectivity index (χ2n) is 5.13. The van der Waals surface area contributed by atoms with Crippen molar-refractivity contribution in [3.05, 3.63) is 0 Å². The van der Waals surface area contributed by atoms with Gasteiger partial charge in [-0.05, 0) is 43.4 Å². The molecule has 0 aromatic carbocycles. The fourth-order valence-electron chi connectivity index (χ4n) is 3.69. The molecule has 3 saturated carbocycles. The zero-order chi connectivity index (χ0) is 7.69. The summed E-state index contributed by atoms with van der Waals surface area (Å²) in [5, 5.41) is 0. The molecule has 0 spiro atoms. The molecule has 4 atom stereocenters. The Kier molecular flexibility index (Phi) is 0.893. The minimum Gasteiger partial charge on any atom is -0.374 e. The zero-order valence-corrected chi connectivity index (χ0v) is 7.39. The first-order valence-electron chi connectivity index (χ1n) is 4.79. The maximum Gasteiger partial charge on any atom is 0.0689 e. The Balaban J connectivity index is 2.05. The molecule has 1 aliphatic heterocycles. The Hall–Kier alpha value is -0.0400. The lowest BCUT2D eigenvalue weighted by atomic mass is 9.46. The van der Waals surface area contributed by atoms with Crippen molar-refractivity contribution in [2.45, 2.75) is 38.7 Å². The van der Waals surface area contributed by atoms with Crippen LogP contribution in [-0.2, 0) is 4.74 Å². The summed E-state index contributed by atoms with van der Waals surface area (Å²) in [5.41, 5.74) is 0.872.